The zero-order chi connectivity index (χ0) is 12.8. The van der Waals surface area contributed by atoms with Crippen LogP contribution in [0.4, 0.5) is 0 Å². The van der Waals surface area contributed by atoms with Gasteiger partial charge in [0.2, 0.25) is 0 Å². The van der Waals surface area contributed by atoms with Crippen molar-refractivity contribution in [1.29, 1.82) is 0 Å². The summed E-state index contributed by atoms with van der Waals surface area (Å²) in [6, 6.07) is 2.50. The first-order chi connectivity index (χ1) is 8.15. The van der Waals surface area contributed by atoms with Gasteiger partial charge in [0.15, 0.2) is 0 Å². The molecule has 2 atom stereocenters. The maximum absolute atomic E-state index is 5.51. The highest BCUT2D eigenvalue weighted by Gasteiger charge is 2.20. The van der Waals surface area contributed by atoms with Crippen molar-refractivity contribution in [2.45, 2.75) is 52.3 Å². The summed E-state index contributed by atoms with van der Waals surface area (Å²) in [4.78, 5) is 0. The van der Waals surface area contributed by atoms with E-state index in [1.807, 2.05) is 14.0 Å². The van der Waals surface area contributed by atoms with Crippen molar-refractivity contribution in [1.82, 2.24) is 15.1 Å². The molecular weight excluding hydrogens is 214 g/mol. The molecule has 1 aromatic heterocycles. The van der Waals surface area contributed by atoms with Gasteiger partial charge in [-0.1, -0.05) is 6.92 Å². The molecule has 1 N–H and O–H groups in total. The third-order valence-electron chi connectivity index (χ3n) is 3.24. The number of aryl methyl sites for hydroxylation is 2. The molecule has 0 amide bonds. The van der Waals surface area contributed by atoms with Gasteiger partial charge in [0, 0.05) is 31.8 Å². The maximum Gasteiger partial charge on any atom is 0.0725 e. The Morgan fingerprint density at radius 3 is 2.65 bits per heavy atom. The number of hydrogen-bond acceptors (Lipinski definition) is 3. The van der Waals surface area contributed by atoms with Crippen LogP contribution >= 0.6 is 0 Å². The molecule has 17 heavy (non-hydrogen) atoms. The molecule has 1 rings (SSSR count). The summed E-state index contributed by atoms with van der Waals surface area (Å²) in [6.45, 7) is 7.24. The van der Waals surface area contributed by atoms with Crippen molar-refractivity contribution in [3.63, 3.8) is 0 Å². The zero-order valence-electron chi connectivity index (χ0n) is 11.7. The average Bonchev–Trinajstić information content (AvgIpc) is 2.69. The fourth-order valence-corrected chi connectivity index (χ4v) is 2.30. The summed E-state index contributed by atoms with van der Waals surface area (Å²) in [6.07, 6.45) is 2.22. The number of likely N-dealkylation sites (N-methyl/N-ethyl adjacent to an activating group) is 1. The second-order valence-corrected chi connectivity index (χ2v) is 4.37. The van der Waals surface area contributed by atoms with Gasteiger partial charge >= 0.3 is 0 Å². The molecule has 0 saturated carbocycles. The maximum atomic E-state index is 5.51. The molecule has 1 heterocycles. The lowest BCUT2D eigenvalue weighted by Crippen LogP contribution is -2.40. The molecule has 1 aromatic rings. The third-order valence-corrected chi connectivity index (χ3v) is 3.24. The van der Waals surface area contributed by atoms with E-state index in [4.69, 9.17) is 4.74 Å². The van der Waals surface area contributed by atoms with E-state index < -0.39 is 0 Å². The van der Waals surface area contributed by atoms with Gasteiger partial charge in [0.05, 0.1) is 11.8 Å². The van der Waals surface area contributed by atoms with E-state index in [2.05, 4.69) is 35.0 Å². The van der Waals surface area contributed by atoms with Crippen molar-refractivity contribution < 1.29 is 4.74 Å². The predicted molar refractivity (Wildman–Crippen MR) is 70.3 cm³/mol. The minimum atomic E-state index is 0.250. The Bertz CT molecular complexity index is 331. The van der Waals surface area contributed by atoms with Crippen molar-refractivity contribution in [3.05, 3.63) is 17.5 Å². The number of nitrogens with one attached hydrogen (secondary N) is 1. The smallest absolute Gasteiger partial charge is 0.0725 e. The molecule has 4 nitrogen and oxygen atoms in total. The Morgan fingerprint density at radius 2 is 2.18 bits per heavy atom. The number of rotatable bonds is 7. The molecule has 0 aliphatic rings. The van der Waals surface area contributed by atoms with Crippen molar-refractivity contribution >= 4 is 0 Å². The van der Waals surface area contributed by atoms with Crippen molar-refractivity contribution in [2.24, 2.45) is 0 Å². The molecule has 0 fully saturated rings. The van der Waals surface area contributed by atoms with Gasteiger partial charge in [0.1, 0.15) is 0 Å². The van der Waals surface area contributed by atoms with E-state index in [1.165, 1.54) is 5.69 Å². The summed E-state index contributed by atoms with van der Waals surface area (Å²) in [5.74, 6) is 0. The zero-order valence-corrected chi connectivity index (χ0v) is 11.7. The Morgan fingerprint density at radius 1 is 1.47 bits per heavy atom. The number of nitrogens with zero attached hydrogens (tertiary/aromatic N) is 2. The van der Waals surface area contributed by atoms with Crippen LogP contribution in [0.5, 0.6) is 0 Å². The highest BCUT2D eigenvalue weighted by atomic mass is 16.5. The first-order valence-electron chi connectivity index (χ1n) is 6.39. The van der Waals surface area contributed by atoms with Crippen LogP contribution in [0.3, 0.4) is 0 Å². The quantitative estimate of drug-likeness (QED) is 0.788. The third kappa shape index (κ3) is 3.54. The first-order valence-corrected chi connectivity index (χ1v) is 6.39. The molecule has 0 saturated heterocycles. The summed E-state index contributed by atoms with van der Waals surface area (Å²) in [5, 5.41) is 7.82. The van der Waals surface area contributed by atoms with E-state index in [9.17, 15) is 0 Å². The number of ether oxygens (including phenoxy) is 1. The average molecular weight is 239 g/mol. The summed E-state index contributed by atoms with van der Waals surface area (Å²) in [7, 11) is 3.77. The van der Waals surface area contributed by atoms with Crippen LogP contribution in [0.15, 0.2) is 6.07 Å². The lowest BCUT2D eigenvalue weighted by atomic mass is 10.0. The largest absolute Gasteiger partial charge is 0.380 e. The molecular formula is C13H25N3O. The van der Waals surface area contributed by atoms with E-state index in [-0.39, 0.29) is 6.10 Å². The van der Waals surface area contributed by atoms with Gasteiger partial charge in [-0.2, -0.15) is 5.10 Å². The molecule has 0 aliphatic heterocycles. The monoisotopic (exact) mass is 239 g/mol. The molecule has 0 aromatic carbocycles. The minimum absolute atomic E-state index is 0.250. The van der Waals surface area contributed by atoms with E-state index in [1.54, 1.807) is 7.11 Å². The van der Waals surface area contributed by atoms with E-state index in [0.29, 0.717) is 6.04 Å². The van der Waals surface area contributed by atoms with Crippen molar-refractivity contribution in [3.8, 4) is 0 Å². The summed E-state index contributed by atoms with van der Waals surface area (Å²) >= 11 is 0. The topological polar surface area (TPSA) is 39.1 Å². The molecule has 0 radical (unpaired) electrons. The predicted octanol–water partition coefficient (Wildman–Crippen LogP) is 1.77. The molecule has 0 bridgehead atoms. The molecule has 0 aliphatic carbocycles. The molecule has 2 unspecified atom stereocenters. The number of aromatic nitrogens is 2. The highest BCUT2D eigenvalue weighted by Crippen LogP contribution is 2.12. The summed E-state index contributed by atoms with van der Waals surface area (Å²) < 4.78 is 7.58. The minimum Gasteiger partial charge on any atom is -0.380 e. The van der Waals surface area contributed by atoms with Crippen LogP contribution in [0.25, 0.3) is 0 Å². The highest BCUT2D eigenvalue weighted by molar-refractivity contribution is 5.11. The molecule has 4 heteroatoms. The Hall–Kier alpha value is -0.870. The van der Waals surface area contributed by atoms with Crippen molar-refractivity contribution in [2.75, 3.05) is 14.2 Å². The molecule has 0 spiro atoms. The van der Waals surface area contributed by atoms with Crippen LogP contribution in [-0.2, 0) is 17.7 Å². The van der Waals surface area contributed by atoms with Gasteiger partial charge in [-0.15, -0.1) is 0 Å². The fraction of sp³-hybridized carbons (Fsp3) is 0.769. The van der Waals surface area contributed by atoms with E-state index >= 15 is 0 Å². The van der Waals surface area contributed by atoms with Crippen LogP contribution in [0.2, 0.25) is 0 Å². The van der Waals surface area contributed by atoms with E-state index in [0.717, 1.165) is 25.1 Å². The fourth-order valence-electron chi connectivity index (χ4n) is 2.30. The van der Waals surface area contributed by atoms with Crippen LogP contribution in [0, 0.1) is 6.92 Å². The molecule has 98 valence electrons. The lowest BCUT2D eigenvalue weighted by molar-refractivity contribution is 0.0672. The summed E-state index contributed by atoms with van der Waals surface area (Å²) in [5.41, 5.74) is 2.36. The van der Waals surface area contributed by atoms with Gasteiger partial charge < -0.3 is 10.1 Å². The number of hydrogen-bond donors (Lipinski definition) is 1. The van der Waals surface area contributed by atoms with Gasteiger partial charge in [-0.3, -0.25) is 4.68 Å². The standard InChI is InChI=1S/C13H25N3O/c1-6-13(17-5)12(14-4)9-11-8-10(3)15-16(11)7-2/h8,12-14H,6-7,9H2,1-5H3. The second-order valence-electron chi connectivity index (χ2n) is 4.37. The van der Waals surface area contributed by atoms with Gasteiger partial charge in [-0.05, 0) is 33.4 Å². The first kappa shape index (κ1) is 14.2. The lowest BCUT2D eigenvalue weighted by Gasteiger charge is -2.24. The van der Waals surface area contributed by atoms with Crippen LogP contribution < -0.4 is 5.32 Å². The Labute approximate surface area is 104 Å². The second kappa shape index (κ2) is 6.77. The Balaban J connectivity index is 2.79. The Kier molecular flexibility index (Phi) is 5.65. The van der Waals surface area contributed by atoms with Crippen LogP contribution in [0.1, 0.15) is 31.7 Å². The normalized spacial score (nSPS) is 14.9. The SMILES string of the molecule is CCC(OC)C(Cc1cc(C)nn1CC)NC. The number of methoxy groups -OCH3 is 1. The van der Waals surface area contributed by atoms with Gasteiger partial charge in [0.25, 0.3) is 0 Å². The van der Waals surface area contributed by atoms with Crippen LogP contribution in [-0.4, -0.2) is 36.1 Å². The van der Waals surface area contributed by atoms with Gasteiger partial charge in [-0.25, -0.2) is 0 Å².